The fourth-order valence-corrected chi connectivity index (χ4v) is 7.36. The van der Waals surface area contributed by atoms with E-state index < -0.39 is 23.6 Å². The van der Waals surface area contributed by atoms with E-state index >= 15 is 0 Å². The van der Waals surface area contributed by atoms with Gasteiger partial charge in [-0.25, -0.2) is 0 Å². The maximum absolute atomic E-state index is 13.2. The summed E-state index contributed by atoms with van der Waals surface area (Å²) < 4.78 is 79.1. The van der Waals surface area contributed by atoms with Crippen molar-refractivity contribution in [3.63, 3.8) is 0 Å². The van der Waals surface area contributed by atoms with Gasteiger partial charge in [-0.3, -0.25) is 0 Å². The molecule has 45 heavy (non-hydrogen) atoms. The third-order valence-corrected chi connectivity index (χ3v) is 9.49. The first-order valence-electron chi connectivity index (χ1n) is 15.2. The van der Waals surface area contributed by atoms with E-state index in [1.807, 2.05) is 0 Å². The van der Waals surface area contributed by atoms with Crippen molar-refractivity contribution in [1.82, 2.24) is 0 Å². The summed E-state index contributed by atoms with van der Waals surface area (Å²) in [6.45, 7) is 5.52. The van der Waals surface area contributed by atoms with E-state index in [0.29, 0.717) is 25.7 Å². The minimum absolute atomic E-state index is 0. The number of aliphatic hydroxyl groups excluding tert-OH is 1. The molecule has 0 bridgehead atoms. The van der Waals surface area contributed by atoms with Crippen LogP contribution in [-0.2, 0) is 0 Å². The van der Waals surface area contributed by atoms with Crippen LogP contribution in [0, 0.1) is 60.7 Å². The summed E-state index contributed by atoms with van der Waals surface area (Å²) >= 11 is 0. The molecule has 3 nitrogen and oxygen atoms in total. The molecule has 0 aromatic heterocycles. The van der Waals surface area contributed by atoms with E-state index in [2.05, 4.69) is 50.7 Å². The Morgan fingerprint density at radius 2 is 1.53 bits per heavy atom. The Bertz CT molecular complexity index is 1060. The lowest BCUT2D eigenvalue weighted by Crippen LogP contribution is -2.55. The summed E-state index contributed by atoms with van der Waals surface area (Å²) in [7, 11) is 0. The molecular formula is C36H52F6O3. The van der Waals surface area contributed by atoms with E-state index in [9.17, 15) is 41.7 Å². The lowest BCUT2D eigenvalue weighted by Gasteiger charge is -2.45. The van der Waals surface area contributed by atoms with Gasteiger partial charge in [-0.15, -0.1) is 25.7 Å². The zero-order valence-electron chi connectivity index (χ0n) is 26.1. The molecule has 3 fully saturated rings. The second-order valence-corrected chi connectivity index (χ2v) is 13.1. The standard InChI is InChI=1S/C31H44F6O3.2C2H2.CH4/c1-27(2,39)17-5-9-22(11-7-19-29(40,30(32,33)34)31(35,36)37)25-15-16-26-23(10-6-18-28(25,26)3)14-13-21-8-4-12-24(38)20-21;2*1-2;/h13-14,22,24-26,38-40H,4-6,8-12,15-18,20H2,1-3H3;2*1-2H;1H4/b21-13-,23-14+;;;/t22?,24-,25?,26?,28+;;;/m0.../s1. The zero-order valence-corrected chi connectivity index (χ0v) is 26.1. The van der Waals surface area contributed by atoms with Crippen molar-refractivity contribution < 1.29 is 41.7 Å². The number of terminal acetylenes is 2. The Kier molecular flexibility index (Phi) is 16.6. The highest BCUT2D eigenvalue weighted by Gasteiger charge is 2.70. The third kappa shape index (κ3) is 11.1. The fraction of sp³-hybridized carbons (Fsp3) is 0.722. The van der Waals surface area contributed by atoms with Gasteiger partial charge >= 0.3 is 18.0 Å². The molecule has 0 radical (unpaired) electrons. The molecule has 0 spiro atoms. The molecule has 0 aliphatic heterocycles. The highest BCUT2D eigenvalue weighted by Crippen LogP contribution is 2.60. The van der Waals surface area contributed by atoms with E-state index in [1.165, 1.54) is 11.1 Å². The number of aliphatic hydroxyl groups is 3. The zero-order chi connectivity index (χ0) is 34.0. The smallest absolute Gasteiger partial charge is 0.393 e. The number of fused-ring (bicyclic) bond motifs is 1. The SMILES string of the molecule is C.C#C.C#C.CC(C)(O)CCCC(CC#CC(O)(C(F)(F)F)C(F)(F)F)C1CCC2/C(=C/C=C3/CCC[C@H](O)C3)CCC[C@@]21C. The fourth-order valence-electron chi connectivity index (χ4n) is 7.36. The summed E-state index contributed by atoms with van der Waals surface area (Å²) in [5.41, 5.74) is -3.62. The van der Waals surface area contributed by atoms with Crippen LogP contribution in [-0.4, -0.2) is 45.0 Å². The molecule has 3 unspecified atom stereocenters. The minimum atomic E-state index is -5.97. The van der Waals surface area contributed by atoms with Crippen LogP contribution in [0.5, 0.6) is 0 Å². The molecule has 3 aliphatic rings. The molecule has 3 rings (SSSR count). The van der Waals surface area contributed by atoms with E-state index in [4.69, 9.17) is 0 Å². The molecule has 3 N–H and O–H groups in total. The maximum atomic E-state index is 13.2. The number of hydrogen-bond acceptors (Lipinski definition) is 3. The van der Waals surface area contributed by atoms with Crippen LogP contribution in [0.3, 0.4) is 0 Å². The highest BCUT2D eigenvalue weighted by molar-refractivity contribution is 5.26. The van der Waals surface area contributed by atoms with Gasteiger partial charge in [0.1, 0.15) is 0 Å². The quantitative estimate of drug-likeness (QED) is 0.191. The second-order valence-electron chi connectivity index (χ2n) is 13.1. The van der Waals surface area contributed by atoms with Crippen molar-refractivity contribution in [2.45, 2.75) is 141 Å². The average Bonchev–Trinajstić information content (AvgIpc) is 3.28. The number of halogens is 6. The monoisotopic (exact) mass is 646 g/mol. The van der Waals surface area contributed by atoms with Crippen LogP contribution >= 0.6 is 0 Å². The summed E-state index contributed by atoms with van der Waals surface area (Å²) in [5.74, 6) is 3.32. The first kappa shape index (κ1) is 42.6. The van der Waals surface area contributed by atoms with Crippen LogP contribution in [0.2, 0.25) is 0 Å². The van der Waals surface area contributed by atoms with Crippen LogP contribution in [0.25, 0.3) is 0 Å². The normalized spacial score (nSPS) is 27.8. The van der Waals surface area contributed by atoms with Gasteiger partial charge in [-0.05, 0) is 114 Å². The lowest BCUT2D eigenvalue weighted by atomic mass is 9.60. The largest absolute Gasteiger partial charge is 0.438 e. The van der Waals surface area contributed by atoms with Crippen LogP contribution < -0.4 is 0 Å². The van der Waals surface area contributed by atoms with Crippen molar-refractivity contribution in [2.24, 2.45) is 23.2 Å². The van der Waals surface area contributed by atoms with Crippen molar-refractivity contribution in [1.29, 1.82) is 0 Å². The highest BCUT2D eigenvalue weighted by atomic mass is 19.4. The summed E-state index contributed by atoms with van der Waals surface area (Å²) in [6.07, 6.45) is 17.4. The Balaban J connectivity index is 0.00000372. The predicted octanol–water partition coefficient (Wildman–Crippen LogP) is 8.93. The average molecular weight is 647 g/mol. The van der Waals surface area contributed by atoms with Gasteiger partial charge in [0.2, 0.25) is 0 Å². The van der Waals surface area contributed by atoms with E-state index in [1.54, 1.807) is 13.8 Å². The van der Waals surface area contributed by atoms with Gasteiger partial charge in [0.05, 0.1) is 11.7 Å². The molecule has 0 heterocycles. The molecule has 0 aromatic rings. The Morgan fingerprint density at radius 1 is 0.933 bits per heavy atom. The topological polar surface area (TPSA) is 60.7 Å². The van der Waals surface area contributed by atoms with Gasteiger partial charge in [0.25, 0.3) is 0 Å². The van der Waals surface area contributed by atoms with Crippen molar-refractivity contribution in [3.8, 4) is 37.5 Å². The molecule has 5 atom stereocenters. The number of allylic oxidation sites excluding steroid dienone is 3. The predicted molar refractivity (Wildman–Crippen MR) is 168 cm³/mol. The van der Waals surface area contributed by atoms with Gasteiger partial charge in [0.15, 0.2) is 0 Å². The Morgan fingerprint density at radius 3 is 2.07 bits per heavy atom. The minimum Gasteiger partial charge on any atom is -0.393 e. The van der Waals surface area contributed by atoms with Gasteiger partial charge in [0, 0.05) is 6.42 Å². The number of rotatable bonds is 7. The Hall–Kier alpha value is -2.38. The van der Waals surface area contributed by atoms with Crippen LogP contribution in [0.15, 0.2) is 23.3 Å². The van der Waals surface area contributed by atoms with Crippen molar-refractivity contribution >= 4 is 0 Å². The second kappa shape index (κ2) is 17.5. The molecule has 9 heteroatoms. The molecule has 0 aromatic carbocycles. The molecule has 0 saturated heterocycles. The summed E-state index contributed by atoms with van der Waals surface area (Å²) in [5, 5.41) is 29.7. The van der Waals surface area contributed by atoms with Gasteiger partial charge < -0.3 is 15.3 Å². The first-order valence-corrected chi connectivity index (χ1v) is 15.2. The van der Waals surface area contributed by atoms with Gasteiger partial charge in [-0.1, -0.05) is 50.0 Å². The van der Waals surface area contributed by atoms with Gasteiger partial charge in [-0.2, -0.15) is 26.3 Å². The molecular weight excluding hydrogens is 594 g/mol. The van der Waals surface area contributed by atoms with Crippen LogP contribution in [0.1, 0.15) is 112 Å². The molecule has 0 amide bonds. The van der Waals surface area contributed by atoms with E-state index in [0.717, 1.165) is 57.3 Å². The lowest BCUT2D eigenvalue weighted by molar-refractivity contribution is -0.343. The van der Waals surface area contributed by atoms with E-state index in [-0.39, 0.29) is 43.1 Å². The maximum Gasteiger partial charge on any atom is 0.438 e. The third-order valence-electron chi connectivity index (χ3n) is 9.49. The number of hydrogen-bond donors (Lipinski definition) is 3. The summed E-state index contributed by atoms with van der Waals surface area (Å²) in [6, 6.07) is 0. The van der Waals surface area contributed by atoms with Crippen molar-refractivity contribution in [3.05, 3.63) is 23.3 Å². The summed E-state index contributed by atoms with van der Waals surface area (Å²) in [4.78, 5) is 0. The van der Waals surface area contributed by atoms with Crippen molar-refractivity contribution in [2.75, 3.05) is 0 Å². The molecule has 256 valence electrons. The number of alkyl halides is 6. The first-order chi connectivity index (χ1) is 20.4. The molecule has 3 aliphatic carbocycles. The Labute approximate surface area is 267 Å². The van der Waals surface area contributed by atoms with Crippen LogP contribution in [0.4, 0.5) is 26.3 Å². The molecule has 3 saturated carbocycles.